The van der Waals surface area contributed by atoms with E-state index in [1.807, 2.05) is 20.8 Å². The summed E-state index contributed by atoms with van der Waals surface area (Å²) in [6, 6.07) is 3.40. The minimum Gasteiger partial charge on any atom is -0.396 e. The molecule has 17 heavy (non-hydrogen) atoms. The average molecular weight is 243 g/mol. The van der Waals surface area contributed by atoms with Gasteiger partial charge in [-0.05, 0) is 37.5 Å². The molecule has 1 aromatic rings. The second kappa shape index (κ2) is 6.07. The van der Waals surface area contributed by atoms with Crippen LogP contribution in [0.4, 0.5) is 8.78 Å². The number of aliphatic hydroxyl groups excluding tert-OH is 1. The van der Waals surface area contributed by atoms with Gasteiger partial charge in [-0.3, -0.25) is 0 Å². The van der Waals surface area contributed by atoms with Gasteiger partial charge in [0.15, 0.2) is 0 Å². The Kier molecular flexibility index (Phi) is 5.02. The first-order chi connectivity index (χ1) is 7.93. The molecular formula is C13H19F2NO. The van der Waals surface area contributed by atoms with Crippen LogP contribution in [-0.4, -0.2) is 17.8 Å². The lowest BCUT2D eigenvalue weighted by atomic mass is 10.0. The van der Waals surface area contributed by atoms with E-state index in [1.165, 1.54) is 12.1 Å². The first-order valence-corrected chi connectivity index (χ1v) is 5.77. The fourth-order valence-corrected chi connectivity index (χ4v) is 1.64. The molecule has 96 valence electrons. The summed E-state index contributed by atoms with van der Waals surface area (Å²) in [5.41, 5.74) is 0.569. The molecule has 0 amide bonds. The number of hydrogen-bond donors (Lipinski definition) is 2. The predicted molar refractivity (Wildman–Crippen MR) is 63.6 cm³/mol. The molecule has 0 radical (unpaired) electrons. The third-order valence-corrected chi connectivity index (χ3v) is 3.04. The van der Waals surface area contributed by atoms with Crippen LogP contribution in [0.1, 0.15) is 32.4 Å². The summed E-state index contributed by atoms with van der Waals surface area (Å²) in [6.45, 7) is 5.77. The number of rotatable bonds is 5. The van der Waals surface area contributed by atoms with Gasteiger partial charge in [0.1, 0.15) is 11.6 Å². The van der Waals surface area contributed by atoms with Crippen LogP contribution in [-0.2, 0) is 0 Å². The lowest BCUT2D eigenvalue weighted by Crippen LogP contribution is -2.35. The highest BCUT2D eigenvalue weighted by atomic mass is 19.1. The molecule has 0 aliphatic carbocycles. The SMILES string of the molecule is CC(NC(C)C(C)CO)c1cc(F)cc(F)c1. The van der Waals surface area contributed by atoms with Crippen molar-refractivity contribution in [3.63, 3.8) is 0 Å². The van der Waals surface area contributed by atoms with Crippen molar-refractivity contribution in [2.45, 2.75) is 32.9 Å². The van der Waals surface area contributed by atoms with Gasteiger partial charge < -0.3 is 10.4 Å². The molecule has 0 fully saturated rings. The van der Waals surface area contributed by atoms with Crippen LogP contribution < -0.4 is 5.32 Å². The zero-order valence-electron chi connectivity index (χ0n) is 10.4. The van der Waals surface area contributed by atoms with Crippen LogP contribution in [0.15, 0.2) is 18.2 Å². The highest BCUT2D eigenvalue weighted by Gasteiger charge is 2.15. The Morgan fingerprint density at radius 1 is 1.12 bits per heavy atom. The van der Waals surface area contributed by atoms with Crippen molar-refractivity contribution in [1.82, 2.24) is 5.32 Å². The van der Waals surface area contributed by atoms with Crippen LogP contribution in [0.5, 0.6) is 0 Å². The van der Waals surface area contributed by atoms with Crippen LogP contribution in [0, 0.1) is 17.6 Å². The molecular weight excluding hydrogens is 224 g/mol. The number of hydrogen-bond acceptors (Lipinski definition) is 2. The Morgan fingerprint density at radius 2 is 1.65 bits per heavy atom. The molecule has 0 saturated carbocycles. The zero-order chi connectivity index (χ0) is 13.0. The maximum Gasteiger partial charge on any atom is 0.126 e. The molecule has 0 heterocycles. The molecule has 3 atom stereocenters. The van der Waals surface area contributed by atoms with Gasteiger partial charge in [-0.1, -0.05) is 6.92 Å². The van der Waals surface area contributed by atoms with Crippen molar-refractivity contribution in [2.75, 3.05) is 6.61 Å². The number of benzene rings is 1. The average Bonchev–Trinajstić information content (AvgIpc) is 2.26. The van der Waals surface area contributed by atoms with E-state index in [9.17, 15) is 8.78 Å². The van der Waals surface area contributed by atoms with E-state index >= 15 is 0 Å². The molecule has 0 aromatic heterocycles. The van der Waals surface area contributed by atoms with Gasteiger partial charge in [-0.2, -0.15) is 0 Å². The first kappa shape index (κ1) is 14.1. The van der Waals surface area contributed by atoms with E-state index < -0.39 is 11.6 Å². The van der Waals surface area contributed by atoms with Gasteiger partial charge in [-0.15, -0.1) is 0 Å². The van der Waals surface area contributed by atoms with Gasteiger partial charge in [0.05, 0.1) is 0 Å². The Labute approximate surface area is 101 Å². The highest BCUT2D eigenvalue weighted by Crippen LogP contribution is 2.17. The third-order valence-electron chi connectivity index (χ3n) is 3.04. The molecule has 0 aliphatic rings. The second-order valence-corrected chi connectivity index (χ2v) is 4.54. The summed E-state index contributed by atoms with van der Waals surface area (Å²) in [4.78, 5) is 0. The molecule has 4 heteroatoms. The first-order valence-electron chi connectivity index (χ1n) is 5.77. The van der Waals surface area contributed by atoms with Crippen molar-refractivity contribution in [2.24, 2.45) is 5.92 Å². The number of halogens is 2. The minimum absolute atomic E-state index is 0.0707. The summed E-state index contributed by atoms with van der Waals surface area (Å²) in [7, 11) is 0. The summed E-state index contributed by atoms with van der Waals surface area (Å²) in [5.74, 6) is -1.05. The van der Waals surface area contributed by atoms with Crippen LogP contribution in [0.25, 0.3) is 0 Å². The van der Waals surface area contributed by atoms with E-state index in [0.29, 0.717) is 5.56 Å². The molecule has 1 aromatic carbocycles. The van der Waals surface area contributed by atoms with Crippen molar-refractivity contribution in [3.05, 3.63) is 35.4 Å². The fraction of sp³-hybridized carbons (Fsp3) is 0.538. The van der Waals surface area contributed by atoms with Crippen LogP contribution in [0.2, 0.25) is 0 Å². The summed E-state index contributed by atoms with van der Waals surface area (Å²) < 4.78 is 26.1. The van der Waals surface area contributed by atoms with Gasteiger partial charge in [-0.25, -0.2) is 8.78 Å². The maximum absolute atomic E-state index is 13.0. The lowest BCUT2D eigenvalue weighted by Gasteiger charge is -2.24. The van der Waals surface area contributed by atoms with Crippen LogP contribution in [0.3, 0.4) is 0 Å². The van der Waals surface area contributed by atoms with E-state index in [1.54, 1.807) is 0 Å². The van der Waals surface area contributed by atoms with Gasteiger partial charge in [0.25, 0.3) is 0 Å². The Bertz CT molecular complexity index is 350. The maximum atomic E-state index is 13.0. The number of nitrogens with one attached hydrogen (secondary N) is 1. The van der Waals surface area contributed by atoms with E-state index in [2.05, 4.69) is 5.32 Å². The zero-order valence-corrected chi connectivity index (χ0v) is 10.4. The quantitative estimate of drug-likeness (QED) is 0.833. The predicted octanol–water partition coefficient (Wildman–Crippen LogP) is 2.63. The standard InChI is InChI=1S/C13H19F2NO/c1-8(7-17)9(2)16-10(3)11-4-12(14)6-13(15)5-11/h4-6,8-10,16-17H,7H2,1-3H3. The highest BCUT2D eigenvalue weighted by molar-refractivity contribution is 5.21. The van der Waals surface area contributed by atoms with E-state index in [0.717, 1.165) is 6.07 Å². The van der Waals surface area contributed by atoms with Gasteiger partial charge >= 0.3 is 0 Å². The monoisotopic (exact) mass is 243 g/mol. The van der Waals surface area contributed by atoms with Crippen molar-refractivity contribution < 1.29 is 13.9 Å². The van der Waals surface area contributed by atoms with Crippen molar-refractivity contribution in [1.29, 1.82) is 0 Å². The smallest absolute Gasteiger partial charge is 0.126 e. The second-order valence-electron chi connectivity index (χ2n) is 4.54. The Balaban J connectivity index is 2.72. The van der Waals surface area contributed by atoms with Gasteiger partial charge in [0.2, 0.25) is 0 Å². The molecule has 0 spiro atoms. The normalized spacial score (nSPS) is 16.6. The minimum atomic E-state index is -0.573. The molecule has 3 unspecified atom stereocenters. The van der Waals surface area contributed by atoms with Crippen molar-refractivity contribution in [3.8, 4) is 0 Å². The molecule has 2 nitrogen and oxygen atoms in total. The Hall–Kier alpha value is -1.00. The molecule has 0 saturated heterocycles. The molecule has 0 aliphatic heterocycles. The van der Waals surface area contributed by atoms with Crippen molar-refractivity contribution >= 4 is 0 Å². The summed E-state index contributed by atoms with van der Waals surface area (Å²) >= 11 is 0. The van der Waals surface area contributed by atoms with Crippen LogP contribution >= 0.6 is 0 Å². The van der Waals surface area contributed by atoms with Gasteiger partial charge in [0, 0.05) is 24.8 Å². The lowest BCUT2D eigenvalue weighted by molar-refractivity contribution is 0.202. The Morgan fingerprint density at radius 3 is 2.12 bits per heavy atom. The topological polar surface area (TPSA) is 32.3 Å². The third kappa shape index (κ3) is 4.06. The summed E-state index contributed by atoms with van der Waals surface area (Å²) in [5, 5.41) is 12.2. The largest absolute Gasteiger partial charge is 0.396 e. The number of aliphatic hydroxyl groups is 1. The molecule has 1 rings (SSSR count). The molecule has 0 bridgehead atoms. The summed E-state index contributed by atoms with van der Waals surface area (Å²) in [6.07, 6.45) is 0. The van der Waals surface area contributed by atoms with E-state index in [-0.39, 0.29) is 24.6 Å². The molecule has 2 N–H and O–H groups in total. The fourth-order valence-electron chi connectivity index (χ4n) is 1.64. The van der Waals surface area contributed by atoms with E-state index in [4.69, 9.17) is 5.11 Å².